The molecule has 1 unspecified atom stereocenters. The summed E-state index contributed by atoms with van der Waals surface area (Å²) in [5, 5.41) is 2.50. The highest BCUT2D eigenvalue weighted by Crippen LogP contribution is 2.15. The zero-order chi connectivity index (χ0) is 38.5. The summed E-state index contributed by atoms with van der Waals surface area (Å²) in [5.41, 5.74) is 5.70. The van der Waals surface area contributed by atoms with Crippen LogP contribution in [-0.4, -0.2) is 66.7 Å². The zero-order valence-electron chi connectivity index (χ0n) is 33.2. The van der Waals surface area contributed by atoms with Crippen molar-refractivity contribution in [2.75, 3.05) is 24.7 Å². The van der Waals surface area contributed by atoms with Crippen LogP contribution in [0.1, 0.15) is 194 Å². The Morgan fingerprint density at radius 3 is 1.27 bits per heavy atom. The number of carbonyl (C=O) groups is 4. The van der Waals surface area contributed by atoms with Gasteiger partial charge in [-0.05, 0) is 12.8 Å². The third-order valence-electron chi connectivity index (χ3n) is 9.43. The molecule has 0 radical (unpaired) electrons. The van der Waals surface area contributed by atoms with Gasteiger partial charge in [0.1, 0.15) is 19.3 Å². The molecule has 306 valence electrons. The van der Waals surface area contributed by atoms with Crippen LogP contribution in [0.2, 0.25) is 0 Å². The Bertz CT molecular complexity index is 880. The van der Waals surface area contributed by atoms with Crippen molar-refractivity contribution in [3.05, 3.63) is 0 Å². The van der Waals surface area contributed by atoms with Gasteiger partial charge in [0.25, 0.3) is 0 Å². The number of ether oxygens (including phenoxy) is 3. The predicted molar refractivity (Wildman–Crippen MR) is 220 cm³/mol. The molecule has 0 aromatic heterocycles. The highest BCUT2D eigenvalue weighted by Gasteiger charge is 2.26. The zero-order valence-corrected chi connectivity index (χ0v) is 35.0. The summed E-state index contributed by atoms with van der Waals surface area (Å²) in [6.45, 7) is 3.97. The number of carbonyl (C=O) groups excluding carboxylic acids is 4. The van der Waals surface area contributed by atoms with Gasteiger partial charge in [-0.3, -0.25) is 14.4 Å². The molecule has 1 amide bonds. The van der Waals surface area contributed by atoms with Gasteiger partial charge in [0.2, 0.25) is 5.91 Å². The van der Waals surface area contributed by atoms with Crippen LogP contribution in [-0.2, 0) is 33.4 Å². The summed E-state index contributed by atoms with van der Waals surface area (Å²) in [7, 11) is 0. The SMILES string of the molecule is CCCCCCCCCCCCCCCC(=O)OCC(COC(=O)[C@H](CS)NC(=O)[C@@H](N)CS)OC(=O)CCCCCCCCCCCCCCC. The van der Waals surface area contributed by atoms with Crippen molar-refractivity contribution < 1.29 is 33.4 Å². The van der Waals surface area contributed by atoms with Crippen molar-refractivity contribution in [3.63, 3.8) is 0 Å². The van der Waals surface area contributed by atoms with Gasteiger partial charge < -0.3 is 25.3 Å². The first kappa shape index (κ1) is 50.5. The first-order chi connectivity index (χ1) is 25.3. The van der Waals surface area contributed by atoms with Gasteiger partial charge in [-0.25, -0.2) is 4.79 Å². The number of nitrogens with one attached hydrogen (secondary N) is 1. The van der Waals surface area contributed by atoms with E-state index >= 15 is 0 Å². The van der Waals surface area contributed by atoms with E-state index in [0.29, 0.717) is 6.42 Å². The summed E-state index contributed by atoms with van der Waals surface area (Å²) >= 11 is 8.16. The normalized spacial score (nSPS) is 12.9. The van der Waals surface area contributed by atoms with Crippen LogP contribution >= 0.6 is 25.3 Å². The molecule has 9 nitrogen and oxygen atoms in total. The average molecular weight is 775 g/mol. The minimum atomic E-state index is -1.04. The third kappa shape index (κ3) is 32.0. The molecule has 0 aromatic rings. The lowest BCUT2D eigenvalue weighted by Crippen LogP contribution is -2.50. The minimum Gasteiger partial charge on any atom is -0.462 e. The Morgan fingerprint density at radius 2 is 0.885 bits per heavy atom. The van der Waals surface area contributed by atoms with Crippen LogP contribution in [0.25, 0.3) is 0 Å². The Hall–Kier alpha value is -1.46. The maximum Gasteiger partial charge on any atom is 0.329 e. The number of nitrogens with two attached hydrogens (primary N) is 1. The van der Waals surface area contributed by atoms with Crippen LogP contribution in [0, 0.1) is 0 Å². The molecule has 0 bridgehead atoms. The second-order valence-electron chi connectivity index (χ2n) is 14.4. The molecular weight excluding hydrogens is 697 g/mol. The van der Waals surface area contributed by atoms with Gasteiger partial charge in [0.15, 0.2) is 6.10 Å². The monoisotopic (exact) mass is 775 g/mol. The molecule has 0 saturated heterocycles. The number of unbranched alkanes of at least 4 members (excludes halogenated alkanes) is 24. The summed E-state index contributed by atoms with van der Waals surface area (Å²) in [5.74, 6) is -1.98. The lowest BCUT2D eigenvalue weighted by Gasteiger charge is -2.21. The van der Waals surface area contributed by atoms with Gasteiger partial charge >= 0.3 is 17.9 Å². The molecule has 0 aromatic carbocycles. The minimum absolute atomic E-state index is 0.0124. The Balaban J connectivity index is 4.52. The van der Waals surface area contributed by atoms with Crippen LogP contribution in [0.4, 0.5) is 0 Å². The van der Waals surface area contributed by atoms with Crippen LogP contribution < -0.4 is 11.1 Å². The summed E-state index contributed by atoms with van der Waals surface area (Å²) < 4.78 is 16.4. The highest BCUT2D eigenvalue weighted by atomic mass is 32.1. The van der Waals surface area contributed by atoms with Crippen LogP contribution in [0.3, 0.4) is 0 Å². The van der Waals surface area contributed by atoms with E-state index in [1.807, 2.05) is 0 Å². The first-order valence-corrected chi connectivity index (χ1v) is 22.3. The van der Waals surface area contributed by atoms with E-state index < -0.39 is 36.0 Å². The molecule has 3 atom stereocenters. The van der Waals surface area contributed by atoms with Crippen molar-refractivity contribution in [3.8, 4) is 0 Å². The molecule has 0 heterocycles. The number of esters is 3. The van der Waals surface area contributed by atoms with E-state index in [-0.39, 0.29) is 43.5 Å². The molecule has 0 aliphatic heterocycles. The molecule has 0 rings (SSSR count). The average Bonchev–Trinajstić information content (AvgIpc) is 3.14. The fourth-order valence-corrected chi connectivity index (χ4v) is 6.42. The molecule has 3 N–H and O–H groups in total. The molecule has 0 saturated carbocycles. The third-order valence-corrected chi connectivity index (χ3v) is 10.2. The van der Waals surface area contributed by atoms with Gasteiger partial charge in [0, 0.05) is 24.3 Å². The van der Waals surface area contributed by atoms with Crippen molar-refractivity contribution in [2.45, 2.75) is 212 Å². The summed E-state index contributed by atoms with van der Waals surface area (Å²) in [6.07, 6.45) is 31.2. The van der Waals surface area contributed by atoms with Crippen molar-refractivity contribution >= 4 is 49.1 Å². The molecular formula is C41H78N2O7S2. The number of rotatable bonds is 38. The topological polar surface area (TPSA) is 134 Å². The lowest BCUT2D eigenvalue weighted by atomic mass is 10.0. The number of thiol groups is 2. The van der Waals surface area contributed by atoms with Crippen molar-refractivity contribution in [1.29, 1.82) is 0 Å². The lowest BCUT2D eigenvalue weighted by molar-refractivity contribution is -0.167. The smallest absolute Gasteiger partial charge is 0.329 e. The van der Waals surface area contributed by atoms with E-state index in [2.05, 4.69) is 44.4 Å². The van der Waals surface area contributed by atoms with Crippen LogP contribution in [0.5, 0.6) is 0 Å². The molecule has 52 heavy (non-hydrogen) atoms. The van der Waals surface area contributed by atoms with Gasteiger partial charge in [-0.1, -0.05) is 168 Å². The fourth-order valence-electron chi connectivity index (χ4n) is 6.01. The van der Waals surface area contributed by atoms with Crippen molar-refractivity contribution in [2.24, 2.45) is 5.73 Å². The Kier molecular flexibility index (Phi) is 36.8. The number of hydrogen-bond acceptors (Lipinski definition) is 10. The quantitative estimate of drug-likeness (QED) is 0.0211. The highest BCUT2D eigenvalue weighted by molar-refractivity contribution is 7.80. The molecule has 0 fully saturated rings. The first-order valence-electron chi connectivity index (χ1n) is 21.1. The molecule has 0 spiro atoms. The van der Waals surface area contributed by atoms with E-state index in [1.54, 1.807) is 0 Å². The second-order valence-corrected chi connectivity index (χ2v) is 15.2. The Morgan fingerprint density at radius 1 is 0.519 bits per heavy atom. The second kappa shape index (κ2) is 37.8. The van der Waals surface area contributed by atoms with Crippen LogP contribution in [0.15, 0.2) is 0 Å². The molecule has 11 heteroatoms. The molecule has 0 aliphatic rings. The van der Waals surface area contributed by atoms with E-state index in [0.717, 1.165) is 32.1 Å². The van der Waals surface area contributed by atoms with E-state index in [4.69, 9.17) is 19.9 Å². The van der Waals surface area contributed by atoms with Crippen molar-refractivity contribution in [1.82, 2.24) is 5.32 Å². The van der Waals surface area contributed by atoms with Gasteiger partial charge in [0.05, 0.1) is 6.04 Å². The van der Waals surface area contributed by atoms with E-state index in [1.165, 1.54) is 128 Å². The maximum atomic E-state index is 12.7. The predicted octanol–water partition coefficient (Wildman–Crippen LogP) is 9.62. The summed E-state index contributed by atoms with van der Waals surface area (Å²) in [6, 6.07) is -1.92. The molecule has 0 aliphatic carbocycles. The fraction of sp³-hybridized carbons (Fsp3) is 0.902. The van der Waals surface area contributed by atoms with E-state index in [9.17, 15) is 19.2 Å². The largest absolute Gasteiger partial charge is 0.462 e. The Labute approximate surface area is 329 Å². The number of hydrogen-bond donors (Lipinski definition) is 4. The summed E-state index contributed by atoms with van der Waals surface area (Å²) in [4.78, 5) is 50.1. The van der Waals surface area contributed by atoms with Gasteiger partial charge in [-0.2, -0.15) is 25.3 Å². The number of amides is 1. The van der Waals surface area contributed by atoms with Gasteiger partial charge in [-0.15, -0.1) is 0 Å². The maximum absolute atomic E-state index is 12.7. The standard InChI is InChI=1S/C41H78N2O7S2/c1-3-5-7-9-11-13-15-17-19-21-23-25-27-29-38(44)48-31-35(32-49-41(47)37(34-52)43-40(46)36(42)33-51)50-39(45)30-28-26-24-22-20-18-16-14-12-10-8-6-4-2/h35-37,51-52H,3-34,42H2,1-2H3,(H,43,46)/t35?,36-,37-/m0/s1.